The van der Waals surface area contributed by atoms with E-state index in [0.717, 1.165) is 66.9 Å². The average Bonchev–Trinajstić information content (AvgIpc) is 3.86. The number of halogens is 1. The second-order valence-corrected chi connectivity index (χ2v) is 14.9. The predicted octanol–water partition coefficient (Wildman–Crippen LogP) is 8.03. The molecule has 0 radical (unpaired) electrons. The van der Waals surface area contributed by atoms with Crippen molar-refractivity contribution < 1.29 is 19.4 Å². The highest BCUT2D eigenvalue weighted by Gasteiger charge is 2.27. The van der Waals surface area contributed by atoms with Gasteiger partial charge in [0.15, 0.2) is 16.0 Å². The Balaban J connectivity index is 0.917. The Morgan fingerprint density at radius 2 is 1.86 bits per heavy atom. The number of nitrogens with zero attached hydrogens (tertiary/aromatic N) is 5. The van der Waals surface area contributed by atoms with Gasteiger partial charge in [0.05, 0.1) is 28.2 Å². The maximum Gasteiger partial charge on any atom is 0.355 e. The zero-order chi connectivity index (χ0) is 34.2. The van der Waals surface area contributed by atoms with Crippen molar-refractivity contribution in [1.29, 1.82) is 0 Å². The minimum Gasteiger partial charge on any atom is -0.494 e. The zero-order valence-corrected chi connectivity index (χ0v) is 29.8. The Kier molecular flexibility index (Phi) is 8.85. The number of carboxylic acids is 1. The molecule has 0 bridgehead atoms. The van der Waals surface area contributed by atoms with Gasteiger partial charge in [-0.05, 0) is 72.9 Å². The lowest BCUT2D eigenvalue weighted by molar-refractivity contribution is 0.0690. The number of aryl methyl sites for hydroxylation is 1. The number of amides is 1. The van der Waals surface area contributed by atoms with Crippen LogP contribution in [0.15, 0.2) is 79.1 Å². The van der Waals surface area contributed by atoms with E-state index >= 15 is 0 Å². The summed E-state index contributed by atoms with van der Waals surface area (Å²) in [6, 6.07) is 21.4. The molecule has 4 heterocycles. The number of carbonyl (C=O) groups is 2. The lowest BCUT2D eigenvalue weighted by atomic mass is 9.94. The number of aromatic carboxylic acids is 1. The Labute approximate surface area is 303 Å². The second kappa shape index (κ2) is 13.7. The molecule has 13 heteroatoms. The normalized spacial score (nSPS) is 13.5. The van der Waals surface area contributed by atoms with Gasteiger partial charge in [0.25, 0.3) is 5.91 Å². The molecule has 3 aromatic heterocycles. The van der Waals surface area contributed by atoms with Gasteiger partial charge >= 0.3 is 5.97 Å². The summed E-state index contributed by atoms with van der Waals surface area (Å²) < 4.78 is 8.04. The van der Waals surface area contributed by atoms with E-state index < -0.39 is 5.97 Å². The third kappa shape index (κ3) is 6.39. The van der Waals surface area contributed by atoms with Gasteiger partial charge in [-0.3, -0.25) is 10.1 Å². The Hall–Kier alpha value is -4.98. The number of carbonyl (C=O) groups excluding carboxylic acids is 1. The van der Waals surface area contributed by atoms with E-state index in [2.05, 4.69) is 52.2 Å². The molecule has 2 N–H and O–H groups in total. The molecule has 3 aromatic carbocycles. The van der Waals surface area contributed by atoms with E-state index in [1.807, 2.05) is 66.7 Å². The molecule has 10 nitrogen and oxygen atoms in total. The number of allylic oxidation sites excluding steroid dienone is 1. The summed E-state index contributed by atoms with van der Waals surface area (Å²) in [5.41, 5.74) is 7.41. The van der Waals surface area contributed by atoms with Crippen molar-refractivity contribution >= 4 is 75.4 Å². The van der Waals surface area contributed by atoms with Crippen LogP contribution in [0.4, 0.5) is 10.3 Å². The summed E-state index contributed by atoms with van der Waals surface area (Å²) >= 11 is 6.46. The van der Waals surface area contributed by atoms with E-state index in [1.54, 1.807) is 6.33 Å². The average molecular weight is 766 g/mol. The van der Waals surface area contributed by atoms with Gasteiger partial charge in [-0.2, -0.15) is 0 Å². The fourth-order valence-electron chi connectivity index (χ4n) is 6.32. The molecule has 2 aliphatic rings. The van der Waals surface area contributed by atoms with Gasteiger partial charge in [-0.15, -0.1) is 11.3 Å². The molecule has 0 fully saturated rings. The van der Waals surface area contributed by atoms with Crippen LogP contribution >= 0.6 is 38.6 Å². The van der Waals surface area contributed by atoms with Crippen molar-refractivity contribution in [2.24, 2.45) is 0 Å². The highest BCUT2D eigenvalue weighted by atomic mass is 79.9. The van der Waals surface area contributed by atoms with Crippen LogP contribution in [-0.2, 0) is 25.8 Å². The van der Waals surface area contributed by atoms with Crippen LogP contribution in [0, 0.1) is 0 Å². The van der Waals surface area contributed by atoms with Crippen LogP contribution in [0.25, 0.3) is 26.0 Å². The Bertz CT molecular complexity index is 2270. The first kappa shape index (κ1) is 32.2. The van der Waals surface area contributed by atoms with Crippen LogP contribution < -0.4 is 15.0 Å². The minimum atomic E-state index is -1.05. The Morgan fingerprint density at radius 3 is 2.70 bits per heavy atom. The molecule has 0 spiro atoms. The van der Waals surface area contributed by atoms with Crippen molar-refractivity contribution in [2.45, 2.75) is 32.2 Å². The largest absolute Gasteiger partial charge is 0.494 e. The number of benzene rings is 3. The molecule has 0 saturated carbocycles. The molecule has 0 atom stereocenters. The molecule has 0 saturated heterocycles. The Morgan fingerprint density at radius 1 is 1.00 bits per heavy atom. The highest BCUT2D eigenvalue weighted by Crippen LogP contribution is 2.38. The maximum absolute atomic E-state index is 13.5. The molecule has 8 rings (SSSR count). The fourth-order valence-corrected chi connectivity index (χ4v) is 8.88. The number of ether oxygens (including phenoxy) is 1. The molecule has 6 aromatic rings. The van der Waals surface area contributed by atoms with E-state index in [1.165, 1.54) is 22.7 Å². The quantitative estimate of drug-likeness (QED) is 0.133. The molecule has 250 valence electrons. The summed E-state index contributed by atoms with van der Waals surface area (Å²) in [5, 5.41) is 14.2. The SMILES string of the molecule is O=C(Nc1nc2ccccc2s1)c1cccc2c1CN(c1nc(C(=O)O)c(CCCOc3ccc(-c4ncnc5c4C(Br)=CC5)cc3)s1)CC2. The van der Waals surface area contributed by atoms with Crippen molar-refractivity contribution in [2.75, 3.05) is 23.4 Å². The molecular weight excluding hydrogens is 736 g/mol. The van der Waals surface area contributed by atoms with Crippen LogP contribution in [0.3, 0.4) is 0 Å². The monoisotopic (exact) mass is 764 g/mol. The number of anilines is 2. The third-order valence-corrected chi connectivity index (χ3v) is 11.6. The maximum atomic E-state index is 13.5. The molecular formula is C37H29BrN6O4S2. The van der Waals surface area contributed by atoms with Crippen LogP contribution in [0.5, 0.6) is 5.75 Å². The lowest BCUT2D eigenvalue weighted by Crippen LogP contribution is -2.32. The molecule has 1 aliphatic heterocycles. The number of nitrogens with one attached hydrogen (secondary N) is 1. The number of fused-ring (bicyclic) bond motifs is 3. The van der Waals surface area contributed by atoms with Crippen LogP contribution in [-0.4, -0.2) is 50.1 Å². The molecule has 1 aliphatic carbocycles. The first-order valence-corrected chi connectivity index (χ1v) is 18.5. The van der Waals surface area contributed by atoms with Gasteiger partial charge in [0.1, 0.15) is 12.1 Å². The van der Waals surface area contributed by atoms with E-state index in [0.29, 0.717) is 53.2 Å². The summed E-state index contributed by atoms with van der Waals surface area (Å²) in [4.78, 5) is 46.5. The van der Waals surface area contributed by atoms with Gasteiger partial charge in [-0.1, -0.05) is 57.6 Å². The first-order chi connectivity index (χ1) is 24.4. The summed E-state index contributed by atoms with van der Waals surface area (Å²) in [5.74, 6) is -0.538. The van der Waals surface area contributed by atoms with E-state index in [4.69, 9.17) is 4.74 Å². The minimum absolute atomic E-state index is 0.0691. The van der Waals surface area contributed by atoms with Gasteiger partial charge < -0.3 is 14.7 Å². The highest BCUT2D eigenvalue weighted by molar-refractivity contribution is 9.15. The van der Waals surface area contributed by atoms with Crippen molar-refractivity contribution in [1.82, 2.24) is 19.9 Å². The van der Waals surface area contributed by atoms with Crippen LogP contribution in [0.1, 0.15) is 54.5 Å². The van der Waals surface area contributed by atoms with Gasteiger partial charge in [-0.25, -0.2) is 24.7 Å². The third-order valence-electron chi connectivity index (χ3n) is 8.78. The number of hydrogen-bond acceptors (Lipinski definition) is 10. The second-order valence-electron chi connectivity index (χ2n) is 11.9. The standard InChI is InChI=1S/C37H29BrN6O4S2/c38-26-14-15-28-31(26)32(40-20-39-28)22-10-12-23(13-11-22)48-18-4-9-30-33(35(46)47)42-37(50-30)44-17-16-21-5-3-6-24(25(21)19-44)34(45)43-36-41-27-7-1-2-8-29(27)49-36/h1-3,5-8,10-14,20H,4,9,15-19H2,(H,46,47)(H,41,43,45). The summed E-state index contributed by atoms with van der Waals surface area (Å²) in [7, 11) is 0. The smallest absolute Gasteiger partial charge is 0.355 e. The van der Waals surface area contributed by atoms with Crippen LogP contribution in [0.2, 0.25) is 0 Å². The fraction of sp³-hybridized carbons (Fsp3) is 0.189. The molecule has 50 heavy (non-hydrogen) atoms. The summed E-state index contributed by atoms with van der Waals surface area (Å²) in [6.45, 7) is 1.55. The van der Waals surface area contributed by atoms with E-state index in [9.17, 15) is 14.7 Å². The number of aromatic nitrogens is 4. The predicted molar refractivity (Wildman–Crippen MR) is 200 cm³/mol. The van der Waals surface area contributed by atoms with Crippen molar-refractivity contribution in [3.63, 3.8) is 0 Å². The number of carboxylic acid groups (broad SMARTS) is 1. The summed E-state index contributed by atoms with van der Waals surface area (Å²) in [6.07, 6.45) is 6.34. The lowest BCUT2D eigenvalue weighted by Gasteiger charge is -2.29. The number of para-hydroxylation sites is 1. The number of hydrogen-bond donors (Lipinski definition) is 2. The van der Waals surface area contributed by atoms with Crippen molar-refractivity contribution in [3.05, 3.63) is 118 Å². The number of rotatable bonds is 10. The molecule has 0 unspecified atom stereocenters. The van der Waals surface area contributed by atoms with E-state index in [-0.39, 0.29) is 11.6 Å². The first-order valence-electron chi connectivity index (χ1n) is 16.1. The molecule has 1 amide bonds. The van der Waals surface area contributed by atoms with Crippen molar-refractivity contribution in [3.8, 4) is 17.0 Å². The zero-order valence-electron chi connectivity index (χ0n) is 26.6. The number of thiazole rings is 2. The van der Waals surface area contributed by atoms with Gasteiger partial charge in [0, 0.05) is 45.6 Å². The topological polar surface area (TPSA) is 130 Å². The van der Waals surface area contributed by atoms with Gasteiger partial charge in [0.2, 0.25) is 0 Å².